The van der Waals surface area contributed by atoms with E-state index in [-0.39, 0.29) is 11.9 Å². The number of hydrogen-bond acceptors (Lipinski definition) is 2. The van der Waals surface area contributed by atoms with E-state index in [1.165, 1.54) is 6.07 Å². The van der Waals surface area contributed by atoms with Crippen molar-refractivity contribution in [2.75, 3.05) is 5.73 Å². The lowest BCUT2D eigenvalue weighted by Crippen LogP contribution is -1.99. The molecule has 0 saturated carbocycles. The Labute approximate surface area is 93.7 Å². The predicted octanol–water partition coefficient (Wildman–Crippen LogP) is 2.85. The molecule has 4 heteroatoms. The molecule has 0 bridgehead atoms. The Bertz CT molecular complexity index is 503. The molecular formula is C12H14FN3. The van der Waals surface area contributed by atoms with E-state index in [9.17, 15) is 4.39 Å². The van der Waals surface area contributed by atoms with E-state index in [1.807, 2.05) is 20.0 Å². The highest BCUT2D eigenvalue weighted by Gasteiger charge is 2.08. The highest BCUT2D eigenvalue weighted by atomic mass is 19.1. The van der Waals surface area contributed by atoms with Gasteiger partial charge < -0.3 is 5.73 Å². The molecule has 16 heavy (non-hydrogen) atoms. The summed E-state index contributed by atoms with van der Waals surface area (Å²) >= 11 is 0. The Kier molecular flexibility index (Phi) is 2.64. The summed E-state index contributed by atoms with van der Waals surface area (Å²) in [7, 11) is 0. The lowest BCUT2D eigenvalue weighted by molar-refractivity contribution is 0.532. The zero-order valence-electron chi connectivity index (χ0n) is 9.31. The summed E-state index contributed by atoms with van der Waals surface area (Å²) < 4.78 is 15.4. The van der Waals surface area contributed by atoms with E-state index in [0.29, 0.717) is 11.3 Å². The summed E-state index contributed by atoms with van der Waals surface area (Å²) in [5.74, 6) is -0.280. The molecule has 0 saturated heterocycles. The lowest BCUT2D eigenvalue weighted by atomic mass is 10.1. The molecule has 84 valence electrons. The molecular weight excluding hydrogens is 205 g/mol. The number of rotatable bonds is 2. The quantitative estimate of drug-likeness (QED) is 0.789. The Morgan fingerprint density at radius 1 is 1.38 bits per heavy atom. The first kappa shape index (κ1) is 10.7. The van der Waals surface area contributed by atoms with Crippen LogP contribution in [0.4, 0.5) is 10.1 Å². The fraction of sp³-hybridized carbons (Fsp3) is 0.250. The molecule has 1 aromatic carbocycles. The van der Waals surface area contributed by atoms with Crippen molar-refractivity contribution in [3.8, 4) is 11.1 Å². The first-order chi connectivity index (χ1) is 7.58. The maximum Gasteiger partial charge on any atom is 0.131 e. The van der Waals surface area contributed by atoms with Crippen LogP contribution in [0, 0.1) is 5.82 Å². The average Bonchev–Trinajstić information content (AvgIpc) is 2.70. The number of halogens is 1. The number of anilines is 1. The minimum absolute atomic E-state index is 0.262. The van der Waals surface area contributed by atoms with Crippen molar-refractivity contribution in [1.82, 2.24) is 9.78 Å². The Balaban J connectivity index is 2.46. The minimum atomic E-state index is -0.280. The monoisotopic (exact) mass is 219 g/mol. The largest absolute Gasteiger partial charge is 0.399 e. The van der Waals surface area contributed by atoms with E-state index in [1.54, 1.807) is 23.0 Å². The van der Waals surface area contributed by atoms with Crippen molar-refractivity contribution >= 4 is 5.69 Å². The van der Waals surface area contributed by atoms with Crippen molar-refractivity contribution in [1.29, 1.82) is 0 Å². The Morgan fingerprint density at radius 2 is 2.12 bits per heavy atom. The number of nitrogens with two attached hydrogens (primary N) is 1. The summed E-state index contributed by atoms with van der Waals surface area (Å²) in [5.41, 5.74) is 7.43. The maximum atomic E-state index is 13.6. The molecule has 2 rings (SSSR count). The third-order valence-corrected chi connectivity index (χ3v) is 2.43. The summed E-state index contributed by atoms with van der Waals surface area (Å²) in [4.78, 5) is 0. The maximum absolute atomic E-state index is 13.6. The van der Waals surface area contributed by atoms with Crippen LogP contribution in [0.15, 0.2) is 30.6 Å². The second-order valence-electron chi connectivity index (χ2n) is 4.04. The molecule has 0 unspecified atom stereocenters. The number of aromatic nitrogens is 2. The Morgan fingerprint density at radius 3 is 2.75 bits per heavy atom. The highest BCUT2D eigenvalue weighted by Crippen LogP contribution is 2.25. The van der Waals surface area contributed by atoms with Gasteiger partial charge in [0.25, 0.3) is 0 Å². The van der Waals surface area contributed by atoms with Gasteiger partial charge in [-0.2, -0.15) is 5.10 Å². The van der Waals surface area contributed by atoms with Crippen LogP contribution in [0.2, 0.25) is 0 Å². The third-order valence-electron chi connectivity index (χ3n) is 2.43. The van der Waals surface area contributed by atoms with E-state index in [2.05, 4.69) is 5.10 Å². The molecule has 0 atom stereocenters. The van der Waals surface area contributed by atoms with Crippen molar-refractivity contribution in [2.45, 2.75) is 19.9 Å². The van der Waals surface area contributed by atoms with Gasteiger partial charge in [-0.15, -0.1) is 0 Å². The van der Waals surface area contributed by atoms with Crippen LogP contribution in [-0.4, -0.2) is 9.78 Å². The van der Waals surface area contributed by atoms with Gasteiger partial charge in [0.15, 0.2) is 0 Å². The SMILES string of the molecule is CC(C)n1cc(-c2cc(N)ccc2F)cn1. The zero-order valence-corrected chi connectivity index (χ0v) is 9.31. The molecule has 0 aliphatic heterocycles. The highest BCUT2D eigenvalue weighted by molar-refractivity contribution is 5.66. The first-order valence-corrected chi connectivity index (χ1v) is 5.17. The van der Waals surface area contributed by atoms with Crippen LogP contribution in [0.1, 0.15) is 19.9 Å². The number of hydrogen-bond donors (Lipinski definition) is 1. The van der Waals surface area contributed by atoms with Gasteiger partial charge in [0, 0.05) is 29.1 Å². The van der Waals surface area contributed by atoms with Crippen LogP contribution < -0.4 is 5.73 Å². The molecule has 1 aromatic heterocycles. The fourth-order valence-electron chi connectivity index (χ4n) is 1.52. The van der Waals surface area contributed by atoms with Crippen molar-refractivity contribution < 1.29 is 4.39 Å². The van der Waals surface area contributed by atoms with E-state index in [4.69, 9.17) is 5.73 Å². The second kappa shape index (κ2) is 3.96. The topological polar surface area (TPSA) is 43.8 Å². The van der Waals surface area contributed by atoms with Gasteiger partial charge in [0.1, 0.15) is 5.82 Å². The van der Waals surface area contributed by atoms with Crippen molar-refractivity contribution in [2.24, 2.45) is 0 Å². The zero-order chi connectivity index (χ0) is 11.7. The van der Waals surface area contributed by atoms with Crippen LogP contribution in [0.5, 0.6) is 0 Å². The van der Waals surface area contributed by atoms with Crippen LogP contribution in [-0.2, 0) is 0 Å². The molecule has 0 aliphatic rings. The standard InChI is InChI=1S/C12H14FN3/c1-8(2)16-7-9(6-15-16)11-5-10(14)3-4-12(11)13/h3-8H,14H2,1-2H3. The number of benzene rings is 1. The molecule has 1 heterocycles. The third kappa shape index (κ3) is 1.91. The van der Waals surface area contributed by atoms with Gasteiger partial charge in [-0.3, -0.25) is 4.68 Å². The van der Waals surface area contributed by atoms with Crippen LogP contribution >= 0.6 is 0 Å². The normalized spacial score (nSPS) is 11.0. The van der Waals surface area contributed by atoms with Gasteiger partial charge in [-0.25, -0.2) is 4.39 Å². The second-order valence-corrected chi connectivity index (χ2v) is 4.04. The predicted molar refractivity (Wildman–Crippen MR) is 62.4 cm³/mol. The molecule has 0 radical (unpaired) electrons. The molecule has 0 aliphatic carbocycles. The molecule has 0 fully saturated rings. The molecule has 0 spiro atoms. The van der Waals surface area contributed by atoms with Gasteiger partial charge in [-0.05, 0) is 32.0 Å². The Hall–Kier alpha value is -1.84. The van der Waals surface area contributed by atoms with E-state index < -0.39 is 0 Å². The lowest BCUT2D eigenvalue weighted by Gasteiger charge is -2.04. The molecule has 0 amide bonds. The fourth-order valence-corrected chi connectivity index (χ4v) is 1.52. The van der Waals surface area contributed by atoms with Crippen molar-refractivity contribution in [3.05, 3.63) is 36.4 Å². The first-order valence-electron chi connectivity index (χ1n) is 5.17. The van der Waals surface area contributed by atoms with Gasteiger partial charge in [0.2, 0.25) is 0 Å². The minimum Gasteiger partial charge on any atom is -0.399 e. The summed E-state index contributed by atoms with van der Waals surface area (Å²) in [6.07, 6.45) is 3.47. The number of nitrogens with zero attached hydrogens (tertiary/aromatic N) is 2. The van der Waals surface area contributed by atoms with E-state index in [0.717, 1.165) is 5.56 Å². The summed E-state index contributed by atoms with van der Waals surface area (Å²) in [6, 6.07) is 4.80. The van der Waals surface area contributed by atoms with Crippen molar-refractivity contribution in [3.63, 3.8) is 0 Å². The van der Waals surface area contributed by atoms with Crippen LogP contribution in [0.25, 0.3) is 11.1 Å². The molecule has 3 nitrogen and oxygen atoms in total. The van der Waals surface area contributed by atoms with Crippen LogP contribution in [0.3, 0.4) is 0 Å². The van der Waals surface area contributed by atoms with Gasteiger partial charge >= 0.3 is 0 Å². The summed E-state index contributed by atoms with van der Waals surface area (Å²) in [6.45, 7) is 4.04. The molecule has 2 aromatic rings. The van der Waals surface area contributed by atoms with Gasteiger partial charge in [0.05, 0.1) is 6.20 Å². The smallest absolute Gasteiger partial charge is 0.131 e. The molecule has 2 N–H and O–H groups in total. The van der Waals surface area contributed by atoms with E-state index >= 15 is 0 Å². The van der Waals surface area contributed by atoms with Gasteiger partial charge in [-0.1, -0.05) is 0 Å². The summed E-state index contributed by atoms with van der Waals surface area (Å²) in [5, 5.41) is 4.17. The average molecular weight is 219 g/mol. The number of nitrogen functional groups attached to an aromatic ring is 1.